The zero-order valence-corrected chi connectivity index (χ0v) is 22.1. The van der Waals surface area contributed by atoms with Crippen molar-refractivity contribution in [2.24, 2.45) is 0 Å². The summed E-state index contributed by atoms with van der Waals surface area (Å²) in [5, 5.41) is 6.00. The number of aryl methyl sites for hydroxylation is 1. The Hall–Kier alpha value is -4.76. The summed E-state index contributed by atoms with van der Waals surface area (Å²) < 4.78 is 10.6. The van der Waals surface area contributed by atoms with Crippen LogP contribution in [-0.4, -0.2) is 29.7 Å². The van der Waals surface area contributed by atoms with Crippen molar-refractivity contribution >= 4 is 40.9 Å². The fourth-order valence-electron chi connectivity index (χ4n) is 3.93. The maximum Gasteiger partial charge on any atom is 0.278 e. The van der Waals surface area contributed by atoms with Gasteiger partial charge in [0.05, 0.1) is 19.9 Å². The maximum atomic E-state index is 13.4. The zero-order chi connectivity index (χ0) is 27.4. The first-order valence-electron chi connectivity index (χ1n) is 12.1. The Labute approximate surface area is 229 Å². The molecule has 0 saturated carbocycles. The molecule has 9 heteroatoms. The van der Waals surface area contributed by atoms with Gasteiger partial charge in [-0.15, -0.1) is 0 Å². The molecule has 1 aliphatic rings. The first kappa shape index (κ1) is 25.9. The smallest absolute Gasteiger partial charge is 0.278 e. The minimum atomic E-state index is -0.429. The lowest BCUT2D eigenvalue weighted by molar-refractivity contribution is -0.138. The highest BCUT2D eigenvalue weighted by molar-refractivity contribution is 8.04. The molecule has 1 aliphatic heterocycles. The number of carbonyl (C=O) groups is 3. The molecule has 2 N–H and O–H groups in total. The molecule has 0 aliphatic carbocycles. The van der Waals surface area contributed by atoms with E-state index in [1.54, 1.807) is 67.8 Å². The Morgan fingerprint density at radius 3 is 2.36 bits per heavy atom. The van der Waals surface area contributed by atoms with Gasteiger partial charge < -0.3 is 19.8 Å². The number of ether oxygens (including phenoxy) is 1. The van der Waals surface area contributed by atoms with Gasteiger partial charge in [-0.05, 0) is 73.7 Å². The van der Waals surface area contributed by atoms with E-state index in [1.807, 2.05) is 31.2 Å². The van der Waals surface area contributed by atoms with E-state index in [9.17, 15) is 14.4 Å². The van der Waals surface area contributed by atoms with E-state index >= 15 is 0 Å². The molecular weight excluding hydrogens is 514 g/mol. The largest absolute Gasteiger partial charge is 0.497 e. The monoisotopic (exact) mass is 539 g/mol. The molecular formula is C30H25N3O5S. The summed E-state index contributed by atoms with van der Waals surface area (Å²) in [6.07, 6.45) is 1.50. The van der Waals surface area contributed by atoms with Crippen molar-refractivity contribution in [1.29, 1.82) is 0 Å². The van der Waals surface area contributed by atoms with Gasteiger partial charge in [-0.3, -0.25) is 19.3 Å². The average Bonchev–Trinajstić information content (AvgIpc) is 3.54. The van der Waals surface area contributed by atoms with Crippen LogP contribution in [0.4, 0.5) is 11.4 Å². The molecule has 196 valence electrons. The number of nitrogens with zero attached hydrogens (tertiary/aromatic N) is 1. The van der Waals surface area contributed by atoms with E-state index in [0.29, 0.717) is 28.4 Å². The first-order chi connectivity index (χ1) is 18.9. The van der Waals surface area contributed by atoms with E-state index in [0.717, 1.165) is 10.5 Å². The number of methoxy groups -OCH3 is 1. The van der Waals surface area contributed by atoms with Crippen molar-refractivity contribution in [3.8, 4) is 5.75 Å². The van der Waals surface area contributed by atoms with Gasteiger partial charge in [0.15, 0.2) is 0 Å². The highest BCUT2D eigenvalue weighted by Crippen LogP contribution is 2.37. The lowest BCUT2D eigenvalue weighted by Gasteiger charge is -2.13. The van der Waals surface area contributed by atoms with Crippen molar-refractivity contribution < 1.29 is 23.5 Å². The van der Waals surface area contributed by atoms with Crippen molar-refractivity contribution in [3.05, 3.63) is 119 Å². The molecule has 0 fully saturated rings. The van der Waals surface area contributed by atoms with Crippen LogP contribution in [0.25, 0.3) is 0 Å². The number of rotatable bonds is 9. The van der Waals surface area contributed by atoms with Crippen LogP contribution < -0.4 is 15.4 Å². The number of hydrogen-bond donors (Lipinski definition) is 2. The highest BCUT2D eigenvalue weighted by Gasteiger charge is 2.39. The van der Waals surface area contributed by atoms with Gasteiger partial charge in [-0.25, -0.2) is 0 Å². The highest BCUT2D eigenvalue weighted by atomic mass is 32.2. The quantitative estimate of drug-likeness (QED) is 0.258. The summed E-state index contributed by atoms with van der Waals surface area (Å²) in [6, 6.07) is 24.9. The van der Waals surface area contributed by atoms with Crippen molar-refractivity contribution in [1.82, 2.24) is 4.90 Å². The third-order valence-electron chi connectivity index (χ3n) is 6.00. The van der Waals surface area contributed by atoms with Crippen molar-refractivity contribution in [2.45, 2.75) is 18.4 Å². The molecule has 39 heavy (non-hydrogen) atoms. The van der Waals surface area contributed by atoms with E-state index in [1.165, 1.54) is 22.9 Å². The molecule has 8 nitrogen and oxygen atoms in total. The number of anilines is 2. The Morgan fingerprint density at radius 2 is 1.67 bits per heavy atom. The second-order valence-corrected chi connectivity index (χ2v) is 9.87. The standard InChI is InChI=1S/C30H25N3O5S/c1-19-8-10-21(11-9-19)31-26-27(30(36)33(29(26)35)18-24-7-4-16-38-24)39-25-14-12-22(13-15-25)32-28(34)20-5-3-6-23(17-20)37-2/h3-17,31H,18H2,1-2H3,(H,32,34). The normalized spacial score (nSPS) is 13.1. The molecule has 0 saturated heterocycles. The van der Waals surface area contributed by atoms with Crippen LogP contribution in [0.5, 0.6) is 5.75 Å². The fourth-order valence-corrected chi connectivity index (χ4v) is 4.88. The Bertz CT molecular complexity index is 1540. The summed E-state index contributed by atoms with van der Waals surface area (Å²) >= 11 is 1.18. The number of thioether (sulfide) groups is 1. The van der Waals surface area contributed by atoms with Crippen LogP contribution in [0.1, 0.15) is 21.7 Å². The maximum absolute atomic E-state index is 13.4. The number of carbonyl (C=O) groups excluding carboxylic acids is 3. The average molecular weight is 540 g/mol. The summed E-state index contributed by atoms with van der Waals surface area (Å²) in [6.45, 7) is 2.01. The second kappa shape index (κ2) is 11.3. The summed E-state index contributed by atoms with van der Waals surface area (Å²) in [5.74, 6) is -0.0110. The van der Waals surface area contributed by atoms with Gasteiger partial charge in [0.25, 0.3) is 17.7 Å². The first-order valence-corrected chi connectivity index (χ1v) is 12.9. The lowest BCUT2D eigenvalue weighted by atomic mass is 10.2. The molecule has 0 atom stereocenters. The van der Waals surface area contributed by atoms with Crippen LogP contribution in [0.15, 0.2) is 111 Å². The Morgan fingerprint density at radius 1 is 0.923 bits per heavy atom. The van der Waals surface area contributed by atoms with Gasteiger partial charge in [0.1, 0.15) is 22.1 Å². The van der Waals surface area contributed by atoms with Crippen LogP contribution >= 0.6 is 11.8 Å². The van der Waals surface area contributed by atoms with E-state index in [-0.39, 0.29) is 23.1 Å². The molecule has 4 aromatic rings. The Kier molecular flexibility index (Phi) is 7.51. The van der Waals surface area contributed by atoms with Crippen molar-refractivity contribution in [3.63, 3.8) is 0 Å². The number of imide groups is 1. The van der Waals surface area contributed by atoms with Gasteiger partial charge in [-0.1, -0.05) is 35.5 Å². The predicted octanol–water partition coefficient (Wildman–Crippen LogP) is 5.83. The topological polar surface area (TPSA) is 101 Å². The molecule has 0 bridgehead atoms. The minimum Gasteiger partial charge on any atom is -0.497 e. The molecule has 3 amide bonds. The molecule has 3 aromatic carbocycles. The van der Waals surface area contributed by atoms with E-state index in [4.69, 9.17) is 9.15 Å². The van der Waals surface area contributed by atoms with Gasteiger partial charge >= 0.3 is 0 Å². The van der Waals surface area contributed by atoms with E-state index < -0.39 is 11.8 Å². The summed E-state index contributed by atoms with van der Waals surface area (Å²) in [4.78, 5) is 41.6. The zero-order valence-electron chi connectivity index (χ0n) is 21.3. The molecule has 2 heterocycles. The molecule has 0 spiro atoms. The number of furan rings is 1. The molecule has 1 aromatic heterocycles. The Balaban J connectivity index is 1.36. The third-order valence-corrected chi connectivity index (χ3v) is 7.10. The SMILES string of the molecule is COc1cccc(C(=O)Nc2ccc(SC3=C(Nc4ccc(C)cc4)C(=O)N(Cc4ccco4)C3=O)cc2)c1. The molecule has 0 unspecified atom stereocenters. The van der Waals surface area contributed by atoms with Crippen LogP contribution in [0, 0.1) is 6.92 Å². The van der Waals surface area contributed by atoms with Gasteiger partial charge in [0.2, 0.25) is 0 Å². The number of nitrogens with one attached hydrogen (secondary N) is 2. The van der Waals surface area contributed by atoms with Crippen LogP contribution in [-0.2, 0) is 16.1 Å². The van der Waals surface area contributed by atoms with Crippen LogP contribution in [0.2, 0.25) is 0 Å². The molecule has 0 radical (unpaired) electrons. The molecule has 5 rings (SSSR count). The predicted molar refractivity (Wildman–Crippen MR) is 149 cm³/mol. The van der Waals surface area contributed by atoms with Crippen molar-refractivity contribution in [2.75, 3.05) is 17.7 Å². The van der Waals surface area contributed by atoms with Gasteiger partial charge in [-0.2, -0.15) is 0 Å². The summed E-state index contributed by atoms with van der Waals surface area (Å²) in [5.41, 5.74) is 3.04. The lowest BCUT2D eigenvalue weighted by Crippen LogP contribution is -2.31. The fraction of sp³-hybridized carbons (Fsp3) is 0.100. The van der Waals surface area contributed by atoms with Gasteiger partial charge in [0, 0.05) is 21.8 Å². The number of hydrogen-bond acceptors (Lipinski definition) is 7. The number of benzene rings is 3. The van der Waals surface area contributed by atoms with Crippen LogP contribution in [0.3, 0.4) is 0 Å². The minimum absolute atomic E-state index is 0.0308. The number of amides is 3. The third kappa shape index (κ3) is 5.89. The van der Waals surface area contributed by atoms with E-state index in [2.05, 4.69) is 10.6 Å². The second-order valence-electron chi connectivity index (χ2n) is 8.78. The summed E-state index contributed by atoms with van der Waals surface area (Å²) in [7, 11) is 1.55.